The third-order valence-corrected chi connectivity index (χ3v) is 5.99. The largest absolute Gasteiger partial charge is 0.493 e. The Bertz CT molecular complexity index is 1120. The number of carbonyl (C=O) groups excluding carboxylic acids is 2. The van der Waals surface area contributed by atoms with E-state index in [1.54, 1.807) is 12.1 Å². The lowest BCUT2D eigenvalue weighted by molar-refractivity contribution is -0.112. The summed E-state index contributed by atoms with van der Waals surface area (Å²) in [7, 11) is 0. The Morgan fingerprint density at radius 3 is 2.29 bits per heavy atom. The first kappa shape index (κ1) is 23.7. The zero-order valence-electron chi connectivity index (χ0n) is 19.0. The molecule has 4 rings (SSSR count). The number of rotatable bonds is 11. The summed E-state index contributed by atoms with van der Waals surface area (Å²) in [4.78, 5) is 23.2. The fraction of sp³-hybridized carbons (Fsp3) is 0.259. The highest BCUT2D eigenvalue weighted by atomic mass is 32.2. The van der Waals surface area contributed by atoms with Crippen LogP contribution in [0.25, 0.3) is 0 Å². The molecule has 1 aliphatic heterocycles. The molecular weight excluding hydrogens is 450 g/mol. The number of aryl methyl sites for hydroxylation is 1. The lowest BCUT2D eigenvalue weighted by Crippen LogP contribution is -2.19. The van der Waals surface area contributed by atoms with Gasteiger partial charge in [0.15, 0.2) is 0 Å². The Hall–Kier alpha value is -3.45. The number of nitrogens with one attached hydrogen (secondary N) is 1. The van der Waals surface area contributed by atoms with Crippen LogP contribution in [0.2, 0.25) is 0 Å². The summed E-state index contributed by atoms with van der Waals surface area (Å²) in [6, 6.07) is 22.3. The highest BCUT2D eigenvalue weighted by Crippen LogP contribution is 2.30. The Kier molecular flexibility index (Phi) is 8.09. The maximum absolute atomic E-state index is 11.8. The van der Waals surface area contributed by atoms with E-state index in [2.05, 4.69) is 12.2 Å². The minimum absolute atomic E-state index is 0.182. The highest BCUT2D eigenvalue weighted by molar-refractivity contribution is 8.26. The summed E-state index contributed by atoms with van der Waals surface area (Å²) in [5.74, 6) is 3.18. The molecule has 1 heterocycles. The molecular formula is C27H27NO5S. The van der Waals surface area contributed by atoms with Gasteiger partial charge >= 0.3 is 0 Å². The van der Waals surface area contributed by atoms with Crippen LogP contribution in [0.3, 0.4) is 0 Å². The Morgan fingerprint density at radius 1 is 0.853 bits per heavy atom. The van der Waals surface area contributed by atoms with E-state index in [1.807, 2.05) is 60.7 Å². The van der Waals surface area contributed by atoms with Gasteiger partial charge in [-0.1, -0.05) is 43.7 Å². The number of para-hydroxylation sites is 1. The van der Waals surface area contributed by atoms with Crippen LogP contribution >= 0.6 is 11.8 Å². The van der Waals surface area contributed by atoms with Gasteiger partial charge in [0.05, 0.1) is 13.2 Å². The van der Waals surface area contributed by atoms with Gasteiger partial charge in [-0.2, -0.15) is 0 Å². The molecule has 1 saturated heterocycles. The second-order valence-corrected chi connectivity index (χ2v) is 8.82. The smallest absolute Gasteiger partial charge is 0.287 e. The number of hydrogen-bond acceptors (Lipinski definition) is 6. The summed E-state index contributed by atoms with van der Waals surface area (Å²) in [6.07, 6.45) is 2.65. The summed E-state index contributed by atoms with van der Waals surface area (Å²) in [5.41, 5.74) is 1.88. The monoisotopic (exact) mass is 477 g/mol. The van der Waals surface area contributed by atoms with Crippen molar-refractivity contribution < 1.29 is 23.8 Å². The van der Waals surface area contributed by atoms with Crippen LogP contribution in [-0.4, -0.2) is 23.6 Å². The first-order chi connectivity index (χ1) is 16.6. The predicted octanol–water partition coefficient (Wildman–Crippen LogP) is 6.30. The zero-order chi connectivity index (χ0) is 23.8. The second-order valence-electron chi connectivity index (χ2n) is 7.84. The van der Waals surface area contributed by atoms with Crippen molar-refractivity contribution in [3.05, 3.63) is 83.9 Å². The first-order valence-electron chi connectivity index (χ1n) is 11.4. The molecule has 0 bridgehead atoms. The quantitative estimate of drug-likeness (QED) is 0.327. The van der Waals surface area contributed by atoms with Crippen molar-refractivity contribution in [2.24, 2.45) is 0 Å². The molecule has 0 saturated carbocycles. The van der Waals surface area contributed by atoms with E-state index in [1.165, 1.54) is 0 Å². The van der Waals surface area contributed by atoms with E-state index >= 15 is 0 Å². The van der Waals surface area contributed by atoms with Crippen LogP contribution in [0, 0.1) is 0 Å². The average Bonchev–Trinajstić information content (AvgIpc) is 3.19. The molecule has 0 aromatic heterocycles. The van der Waals surface area contributed by atoms with Crippen molar-refractivity contribution >= 4 is 22.1 Å². The average molecular weight is 478 g/mol. The lowest BCUT2D eigenvalue weighted by Gasteiger charge is -2.14. The minimum Gasteiger partial charge on any atom is -0.493 e. The number of carbonyl (C=O) groups is 2. The van der Waals surface area contributed by atoms with Crippen LogP contribution < -0.4 is 19.5 Å². The van der Waals surface area contributed by atoms with Crippen molar-refractivity contribution in [2.45, 2.75) is 32.2 Å². The van der Waals surface area contributed by atoms with Gasteiger partial charge in [-0.25, -0.2) is 0 Å². The molecule has 1 N–H and O–H groups in total. The minimum atomic E-state index is -0.582. The molecule has 7 heteroatoms. The molecule has 0 spiro atoms. The molecule has 3 aromatic carbocycles. The van der Waals surface area contributed by atoms with E-state index in [9.17, 15) is 9.59 Å². The van der Waals surface area contributed by atoms with Crippen LogP contribution in [0.1, 0.15) is 36.9 Å². The summed E-state index contributed by atoms with van der Waals surface area (Å²) < 4.78 is 17.8. The van der Waals surface area contributed by atoms with Crippen LogP contribution in [-0.2, 0) is 11.2 Å². The second kappa shape index (κ2) is 11.6. The van der Waals surface area contributed by atoms with Gasteiger partial charge in [-0.3, -0.25) is 9.59 Å². The van der Waals surface area contributed by atoms with Gasteiger partial charge < -0.3 is 19.5 Å². The summed E-state index contributed by atoms with van der Waals surface area (Å²) in [5, 5.41) is 2.16. The molecule has 34 heavy (non-hydrogen) atoms. The summed E-state index contributed by atoms with van der Waals surface area (Å²) in [6.45, 7) is 3.18. The van der Waals surface area contributed by atoms with Crippen LogP contribution in [0.4, 0.5) is 4.79 Å². The van der Waals surface area contributed by atoms with E-state index in [4.69, 9.17) is 14.2 Å². The van der Waals surface area contributed by atoms with Crippen molar-refractivity contribution in [3.8, 4) is 23.0 Å². The third-order valence-electron chi connectivity index (χ3n) is 5.25. The Labute approximate surface area is 203 Å². The fourth-order valence-electron chi connectivity index (χ4n) is 3.61. The van der Waals surface area contributed by atoms with Crippen molar-refractivity contribution in [2.75, 3.05) is 13.2 Å². The molecule has 3 aromatic rings. The van der Waals surface area contributed by atoms with Gasteiger partial charge in [0.2, 0.25) is 5.12 Å². The number of thioether (sulfide) groups is 1. The molecule has 1 unspecified atom stereocenters. The Balaban J connectivity index is 1.24. The van der Waals surface area contributed by atoms with E-state index in [0.717, 1.165) is 47.6 Å². The third kappa shape index (κ3) is 6.32. The normalized spacial score (nSPS) is 15.1. The molecule has 6 nitrogen and oxygen atoms in total. The molecule has 1 atom stereocenters. The topological polar surface area (TPSA) is 73.9 Å². The van der Waals surface area contributed by atoms with Crippen molar-refractivity contribution in [1.82, 2.24) is 5.32 Å². The number of hydrogen-bond donors (Lipinski definition) is 1. The van der Waals surface area contributed by atoms with Crippen molar-refractivity contribution in [3.63, 3.8) is 0 Å². The van der Waals surface area contributed by atoms with Crippen LogP contribution in [0.5, 0.6) is 23.0 Å². The van der Waals surface area contributed by atoms with E-state index in [-0.39, 0.29) is 10.4 Å². The molecule has 1 fully saturated rings. The SMILES string of the molecule is CCCc1cc(Oc2ccccc2)ccc1OCCCOc1ccc(C2NC(=O)SC2=O)cc1. The molecule has 1 aliphatic rings. The maximum Gasteiger partial charge on any atom is 0.287 e. The predicted molar refractivity (Wildman–Crippen MR) is 133 cm³/mol. The lowest BCUT2D eigenvalue weighted by atomic mass is 10.1. The highest BCUT2D eigenvalue weighted by Gasteiger charge is 2.32. The van der Waals surface area contributed by atoms with Crippen molar-refractivity contribution in [1.29, 1.82) is 0 Å². The number of amides is 1. The van der Waals surface area contributed by atoms with Gasteiger partial charge in [-0.15, -0.1) is 0 Å². The molecule has 0 aliphatic carbocycles. The molecule has 0 radical (unpaired) electrons. The van der Waals surface area contributed by atoms with E-state index in [0.29, 0.717) is 30.7 Å². The molecule has 176 valence electrons. The number of ether oxygens (including phenoxy) is 3. The van der Waals surface area contributed by atoms with Gasteiger partial charge in [0.25, 0.3) is 5.24 Å². The van der Waals surface area contributed by atoms with Crippen LogP contribution in [0.15, 0.2) is 72.8 Å². The number of benzene rings is 3. The first-order valence-corrected chi connectivity index (χ1v) is 12.2. The van der Waals surface area contributed by atoms with Gasteiger partial charge in [0, 0.05) is 18.2 Å². The fourth-order valence-corrected chi connectivity index (χ4v) is 4.29. The van der Waals surface area contributed by atoms with Gasteiger partial charge in [-0.05, 0) is 60.0 Å². The standard InChI is InChI=1S/C27H27NO5S/c1-2-7-20-18-23(33-22-8-4-3-5-9-22)14-15-24(20)32-17-6-16-31-21-12-10-19(11-13-21)25-26(29)34-27(30)28-25/h3-5,8-15,18,25H,2,6-7,16-17H2,1H3,(H,28,30). The van der Waals surface area contributed by atoms with Gasteiger partial charge in [0.1, 0.15) is 29.0 Å². The molecule has 1 amide bonds. The van der Waals surface area contributed by atoms with E-state index < -0.39 is 6.04 Å². The summed E-state index contributed by atoms with van der Waals surface area (Å²) >= 11 is 0.709. The Morgan fingerprint density at radius 2 is 1.59 bits per heavy atom. The zero-order valence-corrected chi connectivity index (χ0v) is 19.8. The maximum atomic E-state index is 11.8.